The highest BCUT2D eigenvalue weighted by atomic mass is 35.5. The second-order valence-electron chi connectivity index (χ2n) is 2.51. The lowest BCUT2D eigenvalue weighted by Gasteiger charge is -2.04. The van der Waals surface area contributed by atoms with Crippen LogP contribution in [0.15, 0.2) is 12.1 Å². The molecule has 1 aromatic carbocycles. The predicted octanol–water partition coefficient (Wildman–Crippen LogP) is 3.00. The number of rotatable bonds is 3. The summed E-state index contributed by atoms with van der Waals surface area (Å²) in [7, 11) is 1.35. The van der Waals surface area contributed by atoms with Crippen LogP contribution in [0, 0.1) is 10.1 Å². The molecule has 0 atom stereocenters. The van der Waals surface area contributed by atoms with Crippen LogP contribution in [-0.2, 0) is 5.88 Å². The van der Waals surface area contributed by atoms with E-state index in [1.165, 1.54) is 19.2 Å². The van der Waals surface area contributed by atoms with Gasteiger partial charge in [-0.3, -0.25) is 10.1 Å². The highest BCUT2D eigenvalue weighted by molar-refractivity contribution is 6.32. The van der Waals surface area contributed by atoms with Gasteiger partial charge in [-0.25, -0.2) is 0 Å². The van der Waals surface area contributed by atoms with Crippen LogP contribution in [0.3, 0.4) is 0 Å². The Balaban J connectivity index is 3.32. The number of alkyl halides is 1. The summed E-state index contributed by atoms with van der Waals surface area (Å²) >= 11 is 11.4. The molecule has 0 aliphatic carbocycles. The molecule has 1 aromatic rings. The summed E-state index contributed by atoms with van der Waals surface area (Å²) in [6.07, 6.45) is 0. The van der Waals surface area contributed by atoms with Crippen LogP contribution >= 0.6 is 23.2 Å². The second-order valence-corrected chi connectivity index (χ2v) is 3.18. The van der Waals surface area contributed by atoms with Crippen molar-refractivity contribution in [1.82, 2.24) is 0 Å². The number of hydrogen-bond acceptors (Lipinski definition) is 3. The SMILES string of the molecule is COc1cc(Cl)c(CCl)cc1[N+](=O)[O-]. The minimum absolute atomic E-state index is 0.129. The Morgan fingerprint density at radius 1 is 1.57 bits per heavy atom. The van der Waals surface area contributed by atoms with Crippen LogP contribution in [-0.4, -0.2) is 12.0 Å². The molecular weight excluding hydrogens is 229 g/mol. The van der Waals surface area contributed by atoms with Crippen LogP contribution in [0.5, 0.6) is 5.75 Å². The van der Waals surface area contributed by atoms with E-state index in [0.29, 0.717) is 10.6 Å². The molecule has 0 saturated carbocycles. The largest absolute Gasteiger partial charge is 0.490 e. The Bertz CT molecular complexity index is 368. The van der Waals surface area contributed by atoms with E-state index in [1.54, 1.807) is 0 Å². The van der Waals surface area contributed by atoms with Gasteiger partial charge in [0.15, 0.2) is 5.75 Å². The van der Waals surface area contributed by atoms with Gasteiger partial charge in [0.1, 0.15) is 0 Å². The van der Waals surface area contributed by atoms with Gasteiger partial charge in [0, 0.05) is 23.0 Å². The lowest BCUT2D eigenvalue weighted by Crippen LogP contribution is -1.95. The lowest BCUT2D eigenvalue weighted by molar-refractivity contribution is -0.385. The monoisotopic (exact) mass is 235 g/mol. The van der Waals surface area contributed by atoms with E-state index in [-0.39, 0.29) is 17.3 Å². The second kappa shape index (κ2) is 4.48. The van der Waals surface area contributed by atoms with E-state index < -0.39 is 4.92 Å². The fourth-order valence-corrected chi connectivity index (χ4v) is 1.51. The zero-order valence-corrected chi connectivity index (χ0v) is 8.80. The zero-order valence-electron chi connectivity index (χ0n) is 7.29. The maximum absolute atomic E-state index is 10.6. The Hall–Kier alpha value is -1.00. The molecular formula is C8H7Cl2NO3. The van der Waals surface area contributed by atoms with Gasteiger partial charge in [0.25, 0.3) is 0 Å². The van der Waals surface area contributed by atoms with Crippen molar-refractivity contribution in [3.8, 4) is 5.75 Å². The first-order valence-electron chi connectivity index (χ1n) is 3.67. The molecule has 0 radical (unpaired) electrons. The molecule has 0 aliphatic heterocycles. The maximum atomic E-state index is 10.6. The summed E-state index contributed by atoms with van der Waals surface area (Å²) in [6.45, 7) is 0. The van der Waals surface area contributed by atoms with E-state index in [1.807, 2.05) is 0 Å². The number of nitrogens with zero attached hydrogens (tertiary/aromatic N) is 1. The zero-order chi connectivity index (χ0) is 10.7. The van der Waals surface area contributed by atoms with Crippen molar-refractivity contribution in [2.24, 2.45) is 0 Å². The molecule has 0 fully saturated rings. The Morgan fingerprint density at radius 3 is 2.64 bits per heavy atom. The minimum atomic E-state index is -0.536. The molecule has 0 unspecified atom stereocenters. The smallest absolute Gasteiger partial charge is 0.311 e. The Morgan fingerprint density at radius 2 is 2.21 bits per heavy atom. The van der Waals surface area contributed by atoms with Crippen LogP contribution in [0.1, 0.15) is 5.56 Å². The number of ether oxygens (including phenoxy) is 1. The lowest BCUT2D eigenvalue weighted by atomic mass is 10.2. The van der Waals surface area contributed by atoms with Gasteiger partial charge in [0.2, 0.25) is 0 Å². The topological polar surface area (TPSA) is 52.4 Å². The number of halogens is 2. The quantitative estimate of drug-likeness (QED) is 0.460. The summed E-state index contributed by atoms with van der Waals surface area (Å²) in [5, 5.41) is 11.0. The van der Waals surface area contributed by atoms with Gasteiger partial charge >= 0.3 is 5.69 Å². The van der Waals surface area contributed by atoms with Gasteiger partial charge in [-0.2, -0.15) is 0 Å². The Kier molecular flexibility index (Phi) is 3.55. The average Bonchev–Trinajstić information content (AvgIpc) is 2.16. The van der Waals surface area contributed by atoms with Crippen LogP contribution in [0.4, 0.5) is 5.69 Å². The van der Waals surface area contributed by atoms with Crippen molar-refractivity contribution in [2.45, 2.75) is 5.88 Å². The highest BCUT2D eigenvalue weighted by Crippen LogP contribution is 2.33. The van der Waals surface area contributed by atoms with E-state index in [4.69, 9.17) is 27.9 Å². The summed E-state index contributed by atoms with van der Waals surface area (Å²) < 4.78 is 4.82. The summed E-state index contributed by atoms with van der Waals surface area (Å²) in [6, 6.07) is 2.70. The van der Waals surface area contributed by atoms with Gasteiger partial charge in [-0.1, -0.05) is 11.6 Å². The average molecular weight is 236 g/mol. The molecule has 0 aliphatic rings. The van der Waals surface area contributed by atoms with Crippen LogP contribution < -0.4 is 4.74 Å². The third-order valence-electron chi connectivity index (χ3n) is 1.69. The molecule has 0 spiro atoms. The maximum Gasteiger partial charge on any atom is 0.311 e. The molecule has 0 N–H and O–H groups in total. The molecule has 76 valence electrons. The van der Waals surface area contributed by atoms with Gasteiger partial charge in [-0.05, 0) is 5.56 Å². The van der Waals surface area contributed by atoms with E-state index in [2.05, 4.69) is 0 Å². The first-order valence-corrected chi connectivity index (χ1v) is 4.58. The van der Waals surface area contributed by atoms with E-state index in [9.17, 15) is 10.1 Å². The summed E-state index contributed by atoms with van der Waals surface area (Å²) in [4.78, 5) is 10.1. The molecule has 0 aromatic heterocycles. The van der Waals surface area contributed by atoms with E-state index in [0.717, 1.165) is 0 Å². The van der Waals surface area contributed by atoms with Crippen molar-refractivity contribution in [3.05, 3.63) is 32.8 Å². The molecule has 14 heavy (non-hydrogen) atoms. The number of benzene rings is 1. The van der Waals surface area contributed by atoms with Gasteiger partial charge < -0.3 is 4.74 Å². The molecule has 1 rings (SSSR count). The standard InChI is InChI=1S/C8H7Cl2NO3/c1-14-8-3-6(10)5(4-9)2-7(8)11(12)13/h2-3H,4H2,1H3. The fraction of sp³-hybridized carbons (Fsp3) is 0.250. The van der Waals surface area contributed by atoms with Crippen LogP contribution in [0.25, 0.3) is 0 Å². The fourth-order valence-electron chi connectivity index (χ4n) is 0.995. The van der Waals surface area contributed by atoms with Crippen LogP contribution in [0.2, 0.25) is 5.02 Å². The van der Waals surface area contributed by atoms with Crippen molar-refractivity contribution in [1.29, 1.82) is 0 Å². The van der Waals surface area contributed by atoms with E-state index >= 15 is 0 Å². The Labute approximate surface area is 90.5 Å². The third-order valence-corrected chi connectivity index (χ3v) is 2.33. The predicted molar refractivity (Wildman–Crippen MR) is 54.2 cm³/mol. The molecule has 0 heterocycles. The summed E-state index contributed by atoms with van der Waals surface area (Å²) in [5.74, 6) is 0.262. The van der Waals surface area contributed by atoms with Gasteiger partial charge in [-0.15, -0.1) is 11.6 Å². The number of hydrogen-bond donors (Lipinski definition) is 0. The number of methoxy groups -OCH3 is 1. The molecule has 6 heteroatoms. The highest BCUT2D eigenvalue weighted by Gasteiger charge is 2.17. The molecule has 4 nitrogen and oxygen atoms in total. The van der Waals surface area contributed by atoms with Crippen molar-refractivity contribution in [2.75, 3.05) is 7.11 Å². The first kappa shape index (κ1) is 11.1. The van der Waals surface area contributed by atoms with Crippen molar-refractivity contribution < 1.29 is 9.66 Å². The summed E-state index contributed by atoms with van der Waals surface area (Å²) in [5.41, 5.74) is 0.383. The number of nitro benzene ring substituents is 1. The molecule has 0 amide bonds. The number of nitro groups is 1. The normalized spacial score (nSPS) is 9.93. The van der Waals surface area contributed by atoms with Crippen molar-refractivity contribution in [3.63, 3.8) is 0 Å². The molecule has 0 bridgehead atoms. The first-order chi connectivity index (χ1) is 6.60. The minimum Gasteiger partial charge on any atom is -0.490 e. The van der Waals surface area contributed by atoms with Crippen molar-refractivity contribution >= 4 is 28.9 Å². The molecule has 0 saturated heterocycles. The van der Waals surface area contributed by atoms with Gasteiger partial charge in [0.05, 0.1) is 12.0 Å². The third kappa shape index (κ3) is 2.08.